The molecular formula is C10H17NO2. The van der Waals surface area contributed by atoms with Crippen molar-refractivity contribution in [2.75, 3.05) is 13.2 Å². The summed E-state index contributed by atoms with van der Waals surface area (Å²) in [6.45, 7) is 4.07. The molecule has 3 heteroatoms. The lowest BCUT2D eigenvalue weighted by molar-refractivity contribution is 0.259. The predicted octanol–water partition coefficient (Wildman–Crippen LogP) is 1.39. The number of hydrogen-bond donors (Lipinski definition) is 2. The van der Waals surface area contributed by atoms with Crippen molar-refractivity contribution < 1.29 is 9.52 Å². The molecule has 0 amide bonds. The second-order valence-corrected chi connectivity index (χ2v) is 3.33. The van der Waals surface area contributed by atoms with Gasteiger partial charge in [0.1, 0.15) is 5.76 Å². The minimum Gasteiger partial charge on any atom is -0.468 e. The zero-order valence-electron chi connectivity index (χ0n) is 7.99. The molecule has 0 saturated carbocycles. The fraction of sp³-hybridized carbons (Fsp3) is 0.600. The van der Waals surface area contributed by atoms with Crippen LogP contribution in [0.25, 0.3) is 0 Å². The third kappa shape index (κ3) is 4.10. The van der Waals surface area contributed by atoms with Crippen LogP contribution in [-0.2, 0) is 6.54 Å². The Balaban J connectivity index is 2.07. The van der Waals surface area contributed by atoms with Crippen molar-refractivity contribution in [2.45, 2.75) is 19.9 Å². The van der Waals surface area contributed by atoms with Crippen LogP contribution in [0.5, 0.6) is 0 Å². The average molecular weight is 183 g/mol. The molecule has 0 aliphatic heterocycles. The van der Waals surface area contributed by atoms with Crippen LogP contribution in [-0.4, -0.2) is 18.3 Å². The summed E-state index contributed by atoms with van der Waals surface area (Å²) < 4.78 is 5.16. The molecule has 3 nitrogen and oxygen atoms in total. The Hall–Kier alpha value is -0.800. The maximum absolute atomic E-state index is 8.67. The average Bonchev–Trinajstić information content (AvgIpc) is 2.57. The highest BCUT2D eigenvalue weighted by Gasteiger charge is 2.00. The van der Waals surface area contributed by atoms with E-state index in [0.29, 0.717) is 5.92 Å². The first-order valence-corrected chi connectivity index (χ1v) is 4.67. The third-order valence-corrected chi connectivity index (χ3v) is 1.99. The van der Waals surface area contributed by atoms with Crippen LogP contribution in [0.1, 0.15) is 19.1 Å². The zero-order chi connectivity index (χ0) is 9.52. The van der Waals surface area contributed by atoms with Gasteiger partial charge in [0.05, 0.1) is 12.8 Å². The number of nitrogens with one attached hydrogen (secondary N) is 1. The molecule has 1 aromatic rings. The molecule has 2 N–H and O–H groups in total. The van der Waals surface area contributed by atoms with E-state index in [-0.39, 0.29) is 6.61 Å². The minimum atomic E-state index is 0.267. The smallest absolute Gasteiger partial charge is 0.117 e. The Morgan fingerprint density at radius 2 is 2.46 bits per heavy atom. The molecular weight excluding hydrogens is 166 g/mol. The number of aliphatic hydroxyl groups excluding tert-OH is 1. The number of aliphatic hydroxyl groups is 1. The first-order chi connectivity index (χ1) is 6.33. The molecule has 1 unspecified atom stereocenters. The lowest BCUT2D eigenvalue weighted by Gasteiger charge is -2.09. The molecule has 0 radical (unpaired) electrons. The Labute approximate surface area is 78.8 Å². The molecule has 1 heterocycles. The van der Waals surface area contributed by atoms with E-state index in [1.807, 2.05) is 12.1 Å². The Kier molecular flexibility index (Phi) is 4.57. The van der Waals surface area contributed by atoms with Gasteiger partial charge in [0.15, 0.2) is 0 Å². The Bertz CT molecular complexity index is 209. The zero-order valence-corrected chi connectivity index (χ0v) is 7.99. The molecule has 1 atom stereocenters. The van der Waals surface area contributed by atoms with Crippen molar-refractivity contribution >= 4 is 0 Å². The fourth-order valence-corrected chi connectivity index (χ4v) is 1.18. The predicted molar refractivity (Wildman–Crippen MR) is 51.3 cm³/mol. The van der Waals surface area contributed by atoms with Gasteiger partial charge in [-0.25, -0.2) is 0 Å². The third-order valence-electron chi connectivity index (χ3n) is 1.99. The highest BCUT2D eigenvalue weighted by atomic mass is 16.3. The normalized spacial score (nSPS) is 13.1. The van der Waals surface area contributed by atoms with Crippen molar-refractivity contribution in [2.24, 2.45) is 5.92 Å². The lowest BCUT2D eigenvalue weighted by atomic mass is 10.1. The first kappa shape index (κ1) is 10.3. The van der Waals surface area contributed by atoms with Crippen LogP contribution in [0.3, 0.4) is 0 Å². The Morgan fingerprint density at radius 1 is 1.62 bits per heavy atom. The van der Waals surface area contributed by atoms with E-state index in [9.17, 15) is 0 Å². The van der Waals surface area contributed by atoms with Gasteiger partial charge in [-0.3, -0.25) is 0 Å². The standard InChI is InChI=1S/C10H17NO2/c1-9(4-5-12)7-11-8-10-3-2-6-13-10/h2-3,6,9,11-12H,4-5,7-8H2,1H3. The first-order valence-electron chi connectivity index (χ1n) is 4.67. The molecule has 0 aliphatic carbocycles. The van der Waals surface area contributed by atoms with Crippen molar-refractivity contribution in [3.05, 3.63) is 24.2 Å². The van der Waals surface area contributed by atoms with E-state index in [2.05, 4.69) is 12.2 Å². The van der Waals surface area contributed by atoms with E-state index in [0.717, 1.165) is 25.3 Å². The quantitative estimate of drug-likeness (QED) is 0.700. The Morgan fingerprint density at radius 3 is 3.08 bits per heavy atom. The van der Waals surface area contributed by atoms with Crippen LogP contribution in [0, 0.1) is 5.92 Å². The minimum absolute atomic E-state index is 0.267. The topological polar surface area (TPSA) is 45.4 Å². The van der Waals surface area contributed by atoms with Crippen LogP contribution in [0.2, 0.25) is 0 Å². The van der Waals surface area contributed by atoms with Gasteiger partial charge in [0, 0.05) is 6.61 Å². The van der Waals surface area contributed by atoms with E-state index in [1.165, 1.54) is 0 Å². The highest BCUT2D eigenvalue weighted by molar-refractivity contribution is 4.97. The summed E-state index contributed by atoms with van der Waals surface area (Å²) in [6.07, 6.45) is 2.53. The van der Waals surface area contributed by atoms with Crippen LogP contribution >= 0.6 is 0 Å². The van der Waals surface area contributed by atoms with E-state index < -0.39 is 0 Å². The summed E-state index contributed by atoms with van der Waals surface area (Å²) >= 11 is 0. The second-order valence-electron chi connectivity index (χ2n) is 3.33. The summed E-state index contributed by atoms with van der Waals surface area (Å²) in [7, 11) is 0. The largest absolute Gasteiger partial charge is 0.468 e. The summed E-state index contributed by atoms with van der Waals surface area (Å²) in [4.78, 5) is 0. The van der Waals surface area contributed by atoms with Crippen LogP contribution < -0.4 is 5.32 Å². The summed E-state index contributed by atoms with van der Waals surface area (Å²) in [5.41, 5.74) is 0. The summed E-state index contributed by atoms with van der Waals surface area (Å²) in [6, 6.07) is 3.83. The highest BCUT2D eigenvalue weighted by Crippen LogP contribution is 2.01. The van der Waals surface area contributed by atoms with Gasteiger partial charge in [-0.1, -0.05) is 6.92 Å². The van der Waals surface area contributed by atoms with Crippen molar-refractivity contribution in [3.8, 4) is 0 Å². The second kappa shape index (κ2) is 5.78. The van der Waals surface area contributed by atoms with Gasteiger partial charge in [-0.2, -0.15) is 0 Å². The number of hydrogen-bond acceptors (Lipinski definition) is 3. The maximum atomic E-state index is 8.67. The summed E-state index contributed by atoms with van der Waals surface area (Å²) in [5, 5.41) is 11.9. The number of rotatable bonds is 6. The molecule has 0 spiro atoms. The lowest BCUT2D eigenvalue weighted by Crippen LogP contribution is -2.21. The van der Waals surface area contributed by atoms with Crippen molar-refractivity contribution in [3.63, 3.8) is 0 Å². The molecule has 0 aromatic carbocycles. The molecule has 0 fully saturated rings. The molecule has 0 aliphatic rings. The van der Waals surface area contributed by atoms with Crippen LogP contribution in [0.4, 0.5) is 0 Å². The van der Waals surface area contributed by atoms with E-state index in [4.69, 9.17) is 9.52 Å². The monoisotopic (exact) mass is 183 g/mol. The molecule has 13 heavy (non-hydrogen) atoms. The van der Waals surface area contributed by atoms with E-state index >= 15 is 0 Å². The molecule has 0 bridgehead atoms. The molecule has 0 saturated heterocycles. The fourth-order valence-electron chi connectivity index (χ4n) is 1.18. The van der Waals surface area contributed by atoms with Gasteiger partial charge < -0.3 is 14.8 Å². The van der Waals surface area contributed by atoms with E-state index in [1.54, 1.807) is 6.26 Å². The van der Waals surface area contributed by atoms with Gasteiger partial charge in [0.25, 0.3) is 0 Å². The SMILES string of the molecule is CC(CCO)CNCc1ccco1. The molecule has 74 valence electrons. The van der Waals surface area contributed by atoms with Crippen LogP contribution in [0.15, 0.2) is 22.8 Å². The summed E-state index contributed by atoms with van der Waals surface area (Å²) in [5.74, 6) is 1.47. The molecule has 1 aromatic heterocycles. The van der Waals surface area contributed by atoms with Gasteiger partial charge in [-0.15, -0.1) is 0 Å². The molecule has 1 rings (SSSR count). The van der Waals surface area contributed by atoms with Crippen molar-refractivity contribution in [1.29, 1.82) is 0 Å². The van der Waals surface area contributed by atoms with Gasteiger partial charge in [0.2, 0.25) is 0 Å². The van der Waals surface area contributed by atoms with Gasteiger partial charge in [-0.05, 0) is 31.0 Å². The number of furan rings is 1. The van der Waals surface area contributed by atoms with Gasteiger partial charge >= 0.3 is 0 Å². The van der Waals surface area contributed by atoms with Crippen molar-refractivity contribution in [1.82, 2.24) is 5.32 Å². The maximum Gasteiger partial charge on any atom is 0.117 e.